The van der Waals surface area contributed by atoms with Crippen LogP contribution in [0.15, 0.2) is 23.5 Å². The predicted molar refractivity (Wildman–Crippen MR) is 167 cm³/mol. The van der Waals surface area contributed by atoms with Gasteiger partial charge in [-0.2, -0.15) is 0 Å². The molecule has 0 saturated carbocycles. The lowest BCUT2D eigenvalue weighted by molar-refractivity contribution is -0.167. The number of ether oxygens (including phenoxy) is 1. The molecule has 0 radical (unpaired) electrons. The van der Waals surface area contributed by atoms with Gasteiger partial charge in [-0.1, -0.05) is 68.4 Å². The fraction of sp³-hybridized carbons (Fsp3) is 0.800. The van der Waals surface area contributed by atoms with E-state index in [1.54, 1.807) is 0 Å². The molecule has 0 spiro atoms. The number of carbonyl (C=O) groups is 2. The summed E-state index contributed by atoms with van der Waals surface area (Å²) < 4.78 is 26.4. The third-order valence-corrected chi connectivity index (χ3v) is 23.4. The summed E-state index contributed by atoms with van der Waals surface area (Å²) in [6.07, 6.45) is 3.20. The van der Waals surface area contributed by atoms with Gasteiger partial charge in [-0.25, -0.2) is 0 Å². The molecule has 3 atom stereocenters. The summed E-state index contributed by atoms with van der Waals surface area (Å²) in [4.78, 5) is 28.2. The summed E-state index contributed by atoms with van der Waals surface area (Å²) >= 11 is 0. The molecule has 224 valence electrons. The second kappa shape index (κ2) is 10.7. The molecule has 0 heterocycles. The number of methoxy groups -OCH3 is 1. The molecule has 0 N–H and O–H groups in total. The van der Waals surface area contributed by atoms with Crippen molar-refractivity contribution in [1.82, 2.24) is 0 Å². The molecule has 2 aliphatic carbocycles. The first-order valence-corrected chi connectivity index (χ1v) is 23.1. The van der Waals surface area contributed by atoms with Crippen LogP contribution in [0.4, 0.5) is 0 Å². The summed E-state index contributed by atoms with van der Waals surface area (Å²) in [5, 5.41) is -0.241. The van der Waals surface area contributed by atoms with Gasteiger partial charge in [-0.3, -0.25) is 9.59 Å². The summed E-state index contributed by atoms with van der Waals surface area (Å²) in [6.45, 7) is 32.7. The zero-order valence-electron chi connectivity index (χ0n) is 27.7. The molecule has 0 amide bonds. The Morgan fingerprint density at radius 2 is 1.26 bits per heavy atom. The van der Waals surface area contributed by atoms with Gasteiger partial charge in [0.05, 0.1) is 19.3 Å². The Hall–Kier alpha value is -1.01. The number of hydrogen-bond donors (Lipinski definition) is 0. The van der Waals surface area contributed by atoms with E-state index in [2.05, 4.69) is 102 Å². The Morgan fingerprint density at radius 3 is 1.69 bits per heavy atom. The highest BCUT2D eigenvalue weighted by Crippen LogP contribution is 2.54. The normalized spacial score (nSPS) is 25.5. The number of esters is 1. The van der Waals surface area contributed by atoms with Gasteiger partial charge in [0, 0.05) is 12.0 Å². The number of hydrogen-bond acceptors (Lipinski definition) is 6. The fourth-order valence-electron chi connectivity index (χ4n) is 4.36. The van der Waals surface area contributed by atoms with Gasteiger partial charge >= 0.3 is 5.97 Å². The first kappa shape index (κ1) is 34.2. The van der Waals surface area contributed by atoms with Crippen LogP contribution < -0.4 is 0 Å². The van der Waals surface area contributed by atoms with Gasteiger partial charge in [0.15, 0.2) is 27.8 Å². The van der Waals surface area contributed by atoms with E-state index in [1.165, 1.54) is 7.11 Å². The number of carbonyl (C=O) groups excluding carboxylic acids is 2. The second-order valence-electron chi connectivity index (χ2n) is 15.9. The smallest absolute Gasteiger partial charge is 0.326 e. The third-order valence-electron chi connectivity index (χ3n) is 10.1. The van der Waals surface area contributed by atoms with Crippen molar-refractivity contribution in [1.29, 1.82) is 0 Å². The maximum Gasteiger partial charge on any atom is 0.326 e. The number of fused-ring (bicyclic) bond motifs is 1. The number of allylic oxidation sites excluding steroid dienone is 2. The van der Waals surface area contributed by atoms with Gasteiger partial charge in [-0.05, 0) is 66.9 Å². The van der Waals surface area contributed by atoms with Crippen LogP contribution in [0.25, 0.3) is 0 Å². The Labute approximate surface area is 241 Å². The van der Waals surface area contributed by atoms with Crippen LogP contribution >= 0.6 is 0 Å². The highest BCUT2D eigenvalue weighted by Gasteiger charge is 2.65. The topological polar surface area (TPSA) is 71.1 Å². The molecule has 0 aromatic heterocycles. The molecule has 0 aliphatic heterocycles. The monoisotopic (exact) mass is 596 g/mol. The number of ketones is 1. The maximum absolute atomic E-state index is 14.2. The minimum absolute atomic E-state index is 0.0516. The quantitative estimate of drug-likeness (QED) is 0.168. The van der Waals surface area contributed by atoms with E-state index in [9.17, 15) is 9.59 Å². The summed E-state index contributed by atoms with van der Waals surface area (Å²) in [7, 11) is -5.68. The lowest BCUT2D eigenvalue weighted by Crippen LogP contribution is -2.65. The molecule has 2 aliphatic rings. The number of Topliss-reactive ketones (excluding diaryl/α,β-unsaturated/α-hetero) is 1. The molecular formula is C30H56O6Si3. The number of rotatable bonds is 7. The van der Waals surface area contributed by atoms with E-state index in [4.69, 9.17) is 18.0 Å². The summed E-state index contributed by atoms with van der Waals surface area (Å²) in [5.74, 6) is -0.174. The van der Waals surface area contributed by atoms with Crippen molar-refractivity contribution in [3.63, 3.8) is 0 Å². The van der Waals surface area contributed by atoms with E-state index >= 15 is 0 Å². The molecule has 6 nitrogen and oxygen atoms in total. The third kappa shape index (κ3) is 6.27. The van der Waals surface area contributed by atoms with Crippen LogP contribution in [0.1, 0.15) is 75.2 Å². The van der Waals surface area contributed by atoms with Gasteiger partial charge < -0.3 is 18.0 Å². The molecule has 2 rings (SSSR count). The molecule has 0 aromatic rings. The first-order chi connectivity index (χ1) is 17.3. The van der Waals surface area contributed by atoms with E-state index in [-0.39, 0.29) is 27.3 Å². The SMILES string of the molecule is COC(=O)[C@@]12C(=O)CC=C(O[Si](C)(C)C(C)(C)C)C1=CC[C@@H](O[Si](C)(C)C(C)(C)C)[C@H]2O[Si](C)(C)C(C)(C)C. The van der Waals surface area contributed by atoms with Crippen molar-refractivity contribution < 1.29 is 27.6 Å². The van der Waals surface area contributed by atoms with E-state index in [1.807, 2.05) is 12.2 Å². The van der Waals surface area contributed by atoms with Crippen molar-refractivity contribution in [2.75, 3.05) is 7.11 Å². The maximum atomic E-state index is 14.2. The molecule has 0 saturated heterocycles. The Morgan fingerprint density at radius 1 is 0.795 bits per heavy atom. The average Bonchev–Trinajstić information content (AvgIpc) is 2.73. The van der Waals surface area contributed by atoms with Crippen LogP contribution in [-0.2, 0) is 27.6 Å². The highest BCUT2D eigenvalue weighted by atomic mass is 28.4. The zero-order chi connectivity index (χ0) is 30.6. The molecule has 39 heavy (non-hydrogen) atoms. The summed E-state index contributed by atoms with van der Waals surface area (Å²) in [5.41, 5.74) is -1.05. The molecule has 0 fully saturated rings. The van der Waals surface area contributed by atoms with Crippen LogP contribution in [-0.4, -0.2) is 56.0 Å². The van der Waals surface area contributed by atoms with Crippen molar-refractivity contribution >= 4 is 36.7 Å². The standard InChI is InChI=1S/C30H56O6Si3/c1-27(2,3)37(11,12)34-22-19-20-24(31)30(26(32)33-10)21(22)17-18-23(35-38(13,14)28(4,5)6)25(30)36-39(15,16)29(7,8)9/h17,19,23,25H,18,20H2,1-16H3/t23-,25-,30-/m1/s1. The lowest BCUT2D eigenvalue weighted by Gasteiger charge is -2.53. The molecule has 0 aromatic carbocycles. The molecule has 0 unspecified atom stereocenters. The van der Waals surface area contributed by atoms with E-state index < -0.39 is 48.5 Å². The molecule has 9 heteroatoms. The highest BCUT2D eigenvalue weighted by molar-refractivity contribution is 6.75. The van der Waals surface area contributed by atoms with Gasteiger partial charge in [0.2, 0.25) is 8.32 Å². The van der Waals surface area contributed by atoms with Crippen molar-refractivity contribution in [3.05, 3.63) is 23.5 Å². The van der Waals surface area contributed by atoms with Crippen LogP contribution in [0.5, 0.6) is 0 Å². The first-order valence-electron chi connectivity index (χ1n) is 14.3. The molecule has 0 bridgehead atoms. The van der Waals surface area contributed by atoms with Crippen LogP contribution in [0.3, 0.4) is 0 Å². The summed E-state index contributed by atoms with van der Waals surface area (Å²) in [6, 6.07) is 0. The van der Waals surface area contributed by atoms with Gasteiger partial charge in [0.1, 0.15) is 5.76 Å². The van der Waals surface area contributed by atoms with Crippen LogP contribution in [0, 0.1) is 5.41 Å². The second-order valence-corrected chi connectivity index (χ2v) is 30.2. The van der Waals surface area contributed by atoms with Gasteiger partial charge in [0.25, 0.3) is 0 Å². The van der Waals surface area contributed by atoms with E-state index in [0.29, 0.717) is 17.8 Å². The van der Waals surface area contributed by atoms with Gasteiger partial charge in [-0.15, -0.1) is 0 Å². The lowest BCUT2D eigenvalue weighted by atomic mass is 9.63. The van der Waals surface area contributed by atoms with Crippen molar-refractivity contribution in [2.45, 2.75) is 142 Å². The Balaban J connectivity index is 2.85. The zero-order valence-corrected chi connectivity index (χ0v) is 30.7. The predicted octanol–water partition coefficient (Wildman–Crippen LogP) is 8.14. The fourth-order valence-corrected chi connectivity index (χ4v) is 8.06. The minimum Gasteiger partial charge on any atom is -0.543 e. The van der Waals surface area contributed by atoms with E-state index in [0.717, 1.165) is 0 Å². The van der Waals surface area contributed by atoms with Crippen molar-refractivity contribution in [3.8, 4) is 0 Å². The van der Waals surface area contributed by atoms with Crippen molar-refractivity contribution in [2.24, 2.45) is 5.41 Å². The largest absolute Gasteiger partial charge is 0.543 e. The average molecular weight is 597 g/mol. The Bertz CT molecular complexity index is 1020. The Kier molecular flexibility index (Phi) is 9.36. The van der Waals surface area contributed by atoms with Crippen LogP contribution in [0.2, 0.25) is 54.4 Å². The molecular weight excluding hydrogens is 541 g/mol. The minimum atomic E-state index is -2.47.